The number of aryl methyl sites for hydroxylation is 3. The number of nitrogens with one attached hydrogen (secondary N) is 1. The van der Waals surface area contributed by atoms with Gasteiger partial charge in [0, 0.05) is 12.7 Å². The summed E-state index contributed by atoms with van der Waals surface area (Å²) in [5.74, 6) is -0.308. The van der Waals surface area contributed by atoms with Crippen LogP contribution in [-0.2, 0) is 4.79 Å². The number of anilines is 2. The van der Waals surface area contributed by atoms with E-state index in [-0.39, 0.29) is 12.5 Å². The molecule has 8 heteroatoms. The highest BCUT2D eigenvalue weighted by atomic mass is 19.4. The third-order valence-electron chi connectivity index (χ3n) is 3.67. The molecule has 0 atom stereocenters. The molecule has 0 bridgehead atoms. The van der Waals surface area contributed by atoms with E-state index in [1.807, 2.05) is 32.9 Å². The standard InChI is InChI=1S/C18H20F3N3O2/c1-11-7-12(2)17(13(3)8-11)23-16(25)10-24(4)15-6-5-14(9-22-15)26-18(19,20)21/h5-9H,10H2,1-4H3,(H,23,25). The first-order valence-corrected chi connectivity index (χ1v) is 7.86. The number of nitrogens with zero attached hydrogens (tertiary/aromatic N) is 2. The van der Waals surface area contributed by atoms with Gasteiger partial charge in [-0.25, -0.2) is 4.98 Å². The van der Waals surface area contributed by atoms with Gasteiger partial charge in [-0.1, -0.05) is 17.7 Å². The number of carbonyl (C=O) groups is 1. The number of hydrogen-bond donors (Lipinski definition) is 1. The summed E-state index contributed by atoms with van der Waals surface area (Å²) in [4.78, 5) is 17.7. The number of ether oxygens (including phenoxy) is 1. The molecule has 0 saturated heterocycles. The molecule has 0 unspecified atom stereocenters. The van der Waals surface area contributed by atoms with E-state index < -0.39 is 12.1 Å². The fourth-order valence-electron chi connectivity index (χ4n) is 2.64. The average molecular weight is 367 g/mol. The molecule has 0 spiro atoms. The van der Waals surface area contributed by atoms with Crippen LogP contribution in [0.15, 0.2) is 30.5 Å². The van der Waals surface area contributed by atoms with E-state index in [1.54, 1.807) is 7.05 Å². The molecule has 2 aromatic rings. The maximum Gasteiger partial charge on any atom is 0.573 e. The zero-order valence-electron chi connectivity index (χ0n) is 14.9. The Kier molecular flexibility index (Phi) is 5.74. The lowest BCUT2D eigenvalue weighted by Crippen LogP contribution is -2.31. The first-order chi connectivity index (χ1) is 12.0. The summed E-state index contributed by atoms with van der Waals surface area (Å²) >= 11 is 0. The van der Waals surface area contributed by atoms with Gasteiger partial charge in [0.05, 0.1) is 12.7 Å². The van der Waals surface area contributed by atoms with Crippen molar-refractivity contribution < 1.29 is 22.7 Å². The van der Waals surface area contributed by atoms with Crippen LogP contribution >= 0.6 is 0 Å². The molecule has 0 fully saturated rings. The minimum atomic E-state index is -4.77. The molecule has 0 aliphatic rings. The van der Waals surface area contributed by atoms with E-state index in [1.165, 1.54) is 11.0 Å². The number of amides is 1. The third-order valence-corrected chi connectivity index (χ3v) is 3.67. The molecule has 0 radical (unpaired) electrons. The summed E-state index contributed by atoms with van der Waals surface area (Å²) in [6.45, 7) is 5.82. The molecule has 1 aromatic heterocycles. The molecule has 0 aliphatic heterocycles. The van der Waals surface area contributed by atoms with E-state index in [0.717, 1.165) is 34.6 Å². The summed E-state index contributed by atoms with van der Waals surface area (Å²) < 4.78 is 40.2. The third kappa shape index (κ3) is 5.37. The lowest BCUT2D eigenvalue weighted by atomic mass is 10.1. The van der Waals surface area contributed by atoms with Crippen LogP contribution in [0.25, 0.3) is 0 Å². The normalized spacial score (nSPS) is 11.2. The van der Waals surface area contributed by atoms with Crippen molar-refractivity contribution in [1.29, 1.82) is 0 Å². The lowest BCUT2D eigenvalue weighted by molar-refractivity contribution is -0.274. The van der Waals surface area contributed by atoms with Gasteiger partial charge in [-0.15, -0.1) is 13.2 Å². The largest absolute Gasteiger partial charge is 0.573 e. The summed E-state index contributed by atoms with van der Waals surface area (Å²) in [5.41, 5.74) is 3.80. The van der Waals surface area contributed by atoms with Crippen molar-refractivity contribution in [3.8, 4) is 5.75 Å². The Hall–Kier alpha value is -2.77. The molecule has 2 rings (SSSR count). The van der Waals surface area contributed by atoms with Gasteiger partial charge in [-0.2, -0.15) is 0 Å². The zero-order valence-corrected chi connectivity index (χ0v) is 14.9. The fraction of sp³-hybridized carbons (Fsp3) is 0.333. The number of rotatable bonds is 5. The quantitative estimate of drug-likeness (QED) is 0.869. The number of aromatic nitrogens is 1. The highest BCUT2D eigenvalue weighted by Gasteiger charge is 2.31. The topological polar surface area (TPSA) is 54.5 Å². The fourth-order valence-corrected chi connectivity index (χ4v) is 2.64. The minimum Gasteiger partial charge on any atom is -0.404 e. The smallest absolute Gasteiger partial charge is 0.404 e. The van der Waals surface area contributed by atoms with Gasteiger partial charge in [0.25, 0.3) is 0 Å². The van der Waals surface area contributed by atoms with Crippen LogP contribution in [0.2, 0.25) is 0 Å². The van der Waals surface area contributed by atoms with E-state index in [2.05, 4.69) is 15.0 Å². The van der Waals surface area contributed by atoms with Gasteiger partial charge in [0.2, 0.25) is 5.91 Å². The van der Waals surface area contributed by atoms with Crippen molar-refractivity contribution in [3.63, 3.8) is 0 Å². The highest BCUT2D eigenvalue weighted by molar-refractivity contribution is 5.95. The summed E-state index contributed by atoms with van der Waals surface area (Å²) in [6.07, 6.45) is -3.80. The Morgan fingerprint density at radius 2 is 1.81 bits per heavy atom. The Labute approximate surface area is 149 Å². The highest BCUT2D eigenvalue weighted by Crippen LogP contribution is 2.24. The molecular formula is C18H20F3N3O2. The van der Waals surface area contributed by atoms with Gasteiger partial charge in [-0.05, 0) is 44.0 Å². The number of hydrogen-bond acceptors (Lipinski definition) is 4. The monoisotopic (exact) mass is 367 g/mol. The molecule has 1 amide bonds. The Balaban J connectivity index is 2.01. The van der Waals surface area contributed by atoms with Crippen LogP contribution in [0.1, 0.15) is 16.7 Å². The summed E-state index contributed by atoms with van der Waals surface area (Å²) in [6, 6.07) is 6.47. The maximum atomic E-state index is 12.3. The Bertz CT molecular complexity index is 766. The van der Waals surface area contributed by atoms with Crippen molar-refractivity contribution in [2.24, 2.45) is 0 Å². The van der Waals surface area contributed by atoms with Crippen molar-refractivity contribution in [3.05, 3.63) is 47.2 Å². The number of alkyl halides is 3. The number of pyridine rings is 1. The molecule has 0 saturated carbocycles. The molecule has 1 heterocycles. The SMILES string of the molecule is Cc1cc(C)c(NC(=O)CN(C)c2ccc(OC(F)(F)F)cn2)c(C)c1. The summed E-state index contributed by atoms with van der Waals surface area (Å²) in [5, 5.41) is 2.87. The van der Waals surface area contributed by atoms with Crippen molar-refractivity contribution in [1.82, 2.24) is 4.98 Å². The predicted octanol–water partition coefficient (Wildman–Crippen LogP) is 3.98. The molecular weight excluding hydrogens is 347 g/mol. The van der Waals surface area contributed by atoms with E-state index in [0.29, 0.717) is 5.82 Å². The van der Waals surface area contributed by atoms with Gasteiger partial charge in [0.15, 0.2) is 0 Å². The van der Waals surface area contributed by atoms with Crippen molar-refractivity contribution in [2.45, 2.75) is 27.1 Å². The molecule has 0 aliphatic carbocycles. The van der Waals surface area contributed by atoms with Crippen LogP contribution in [-0.4, -0.2) is 30.8 Å². The second kappa shape index (κ2) is 7.63. The maximum absolute atomic E-state index is 12.3. The number of benzene rings is 1. The first kappa shape index (κ1) is 19.6. The van der Waals surface area contributed by atoms with Gasteiger partial charge in [0.1, 0.15) is 11.6 Å². The first-order valence-electron chi connectivity index (χ1n) is 7.86. The number of carbonyl (C=O) groups excluding carboxylic acids is 1. The second-order valence-electron chi connectivity index (χ2n) is 6.08. The van der Waals surface area contributed by atoms with Gasteiger partial charge >= 0.3 is 6.36 Å². The van der Waals surface area contributed by atoms with Crippen molar-refractivity contribution in [2.75, 3.05) is 23.8 Å². The molecule has 140 valence electrons. The zero-order chi connectivity index (χ0) is 19.5. The summed E-state index contributed by atoms with van der Waals surface area (Å²) in [7, 11) is 1.63. The van der Waals surface area contributed by atoms with E-state index in [4.69, 9.17) is 0 Å². The number of halogens is 3. The molecule has 1 N–H and O–H groups in total. The predicted molar refractivity (Wildman–Crippen MR) is 93.5 cm³/mol. The van der Waals surface area contributed by atoms with Crippen LogP contribution in [0.4, 0.5) is 24.7 Å². The van der Waals surface area contributed by atoms with Gasteiger partial charge in [-0.3, -0.25) is 4.79 Å². The lowest BCUT2D eigenvalue weighted by Gasteiger charge is -2.19. The van der Waals surface area contributed by atoms with E-state index in [9.17, 15) is 18.0 Å². The molecule has 1 aromatic carbocycles. The second-order valence-corrected chi connectivity index (χ2v) is 6.08. The average Bonchev–Trinajstić information content (AvgIpc) is 2.50. The van der Waals surface area contributed by atoms with Crippen LogP contribution in [0.3, 0.4) is 0 Å². The number of likely N-dealkylation sites (N-methyl/N-ethyl adjacent to an activating group) is 1. The van der Waals surface area contributed by atoms with Crippen molar-refractivity contribution >= 4 is 17.4 Å². The Morgan fingerprint density at radius 1 is 1.19 bits per heavy atom. The molecule has 26 heavy (non-hydrogen) atoms. The van der Waals surface area contributed by atoms with Crippen LogP contribution in [0.5, 0.6) is 5.75 Å². The Morgan fingerprint density at radius 3 is 2.31 bits per heavy atom. The van der Waals surface area contributed by atoms with Crippen LogP contribution in [0, 0.1) is 20.8 Å². The molecule has 5 nitrogen and oxygen atoms in total. The minimum absolute atomic E-state index is 0.000763. The van der Waals surface area contributed by atoms with Crippen LogP contribution < -0.4 is 15.0 Å². The van der Waals surface area contributed by atoms with E-state index >= 15 is 0 Å². The van der Waals surface area contributed by atoms with Gasteiger partial charge < -0.3 is 15.0 Å².